The van der Waals surface area contributed by atoms with Gasteiger partial charge < -0.3 is 10.4 Å². The predicted octanol–water partition coefficient (Wildman–Crippen LogP) is 3.03. The number of carboxylic acids is 1. The van der Waals surface area contributed by atoms with Gasteiger partial charge in [-0.1, -0.05) is 41.9 Å². The van der Waals surface area contributed by atoms with E-state index >= 15 is 0 Å². The molecule has 2 rings (SSSR count). The van der Waals surface area contributed by atoms with Gasteiger partial charge in [0.15, 0.2) is 6.04 Å². The van der Waals surface area contributed by atoms with Crippen LogP contribution in [0, 0.1) is 5.82 Å². The quantitative estimate of drug-likeness (QED) is 0.912. The normalized spacial score (nSPS) is 11.7. The second-order valence-corrected chi connectivity index (χ2v) is 4.72. The molecule has 108 valence electrons. The van der Waals surface area contributed by atoms with Gasteiger partial charge in [-0.15, -0.1) is 0 Å². The zero-order chi connectivity index (χ0) is 15.4. The highest BCUT2D eigenvalue weighted by molar-refractivity contribution is 6.31. The van der Waals surface area contributed by atoms with E-state index in [1.54, 1.807) is 30.3 Å². The number of nitrogens with one attached hydrogen (secondary N) is 1. The van der Waals surface area contributed by atoms with E-state index in [1.807, 2.05) is 0 Å². The van der Waals surface area contributed by atoms with E-state index in [-0.39, 0.29) is 10.6 Å². The summed E-state index contributed by atoms with van der Waals surface area (Å²) < 4.78 is 13.6. The van der Waals surface area contributed by atoms with Crippen molar-refractivity contribution in [2.75, 3.05) is 0 Å². The number of halogens is 2. The van der Waals surface area contributed by atoms with E-state index in [4.69, 9.17) is 11.6 Å². The van der Waals surface area contributed by atoms with Gasteiger partial charge in [0, 0.05) is 5.02 Å². The Morgan fingerprint density at radius 1 is 1.14 bits per heavy atom. The molecule has 0 fully saturated rings. The maximum Gasteiger partial charge on any atom is 0.330 e. The molecular weight excluding hydrogens is 297 g/mol. The Morgan fingerprint density at radius 2 is 1.81 bits per heavy atom. The van der Waals surface area contributed by atoms with Gasteiger partial charge in [-0.3, -0.25) is 4.79 Å². The summed E-state index contributed by atoms with van der Waals surface area (Å²) in [5.41, 5.74) is 0.0884. The molecule has 0 aliphatic carbocycles. The molecule has 0 bridgehead atoms. The second-order valence-electron chi connectivity index (χ2n) is 4.28. The molecule has 4 nitrogen and oxygen atoms in total. The lowest BCUT2D eigenvalue weighted by molar-refractivity contribution is -0.139. The van der Waals surface area contributed by atoms with Gasteiger partial charge in [-0.05, 0) is 23.8 Å². The monoisotopic (exact) mass is 307 g/mol. The molecule has 0 saturated heterocycles. The third-order valence-electron chi connectivity index (χ3n) is 2.83. The summed E-state index contributed by atoms with van der Waals surface area (Å²) in [4.78, 5) is 23.3. The van der Waals surface area contributed by atoms with Crippen molar-refractivity contribution in [2.45, 2.75) is 6.04 Å². The molecule has 0 saturated carbocycles. The summed E-state index contributed by atoms with van der Waals surface area (Å²) in [5.74, 6) is -2.85. The van der Waals surface area contributed by atoms with E-state index in [9.17, 15) is 19.1 Å². The molecule has 0 aromatic heterocycles. The van der Waals surface area contributed by atoms with Crippen molar-refractivity contribution >= 4 is 23.5 Å². The molecule has 0 heterocycles. The van der Waals surface area contributed by atoms with Crippen molar-refractivity contribution in [3.63, 3.8) is 0 Å². The van der Waals surface area contributed by atoms with E-state index < -0.39 is 23.7 Å². The van der Waals surface area contributed by atoms with Crippen molar-refractivity contribution < 1.29 is 19.1 Å². The zero-order valence-corrected chi connectivity index (χ0v) is 11.5. The van der Waals surface area contributed by atoms with Crippen LogP contribution in [-0.4, -0.2) is 17.0 Å². The highest BCUT2D eigenvalue weighted by Crippen LogP contribution is 2.18. The fourth-order valence-electron chi connectivity index (χ4n) is 1.81. The second kappa shape index (κ2) is 6.37. The number of benzene rings is 2. The largest absolute Gasteiger partial charge is 0.479 e. The number of carbonyl (C=O) groups excluding carboxylic acids is 1. The van der Waals surface area contributed by atoms with E-state index in [2.05, 4.69) is 5.32 Å². The molecule has 0 aliphatic rings. The lowest BCUT2D eigenvalue weighted by Crippen LogP contribution is -2.34. The number of carbonyl (C=O) groups is 2. The average molecular weight is 308 g/mol. The van der Waals surface area contributed by atoms with Crippen molar-refractivity contribution in [3.05, 3.63) is 70.5 Å². The van der Waals surface area contributed by atoms with Gasteiger partial charge in [0.05, 0.1) is 5.56 Å². The number of amides is 1. The van der Waals surface area contributed by atoms with E-state index in [0.717, 1.165) is 12.1 Å². The van der Waals surface area contributed by atoms with Gasteiger partial charge >= 0.3 is 5.97 Å². The Bertz CT molecular complexity index is 676. The third-order valence-corrected chi connectivity index (χ3v) is 3.06. The van der Waals surface area contributed by atoms with Crippen LogP contribution in [0.4, 0.5) is 4.39 Å². The van der Waals surface area contributed by atoms with Gasteiger partial charge in [0.25, 0.3) is 5.91 Å². The molecule has 0 aliphatic heterocycles. The summed E-state index contributed by atoms with van der Waals surface area (Å²) in [6, 6.07) is 10.4. The average Bonchev–Trinajstić information content (AvgIpc) is 2.47. The molecule has 1 amide bonds. The van der Waals surface area contributed by atoms with Crippen LogP contribution in [0.1, 0.15) is 22.0 Å². The molecule has 6 heteroatoms. The minimum Gasteiger partial charge on any atom is -0.479 e. The first-order valence-corrected chi connectivity index (χ1v) is 6.40. The van der Waals surface area contributed by atoms with Crippen molar-refractivity contribution in [2.24, 2.45) is 0 Å². The highest BCUT2D eigenvalue weighted by Gasteiger charge is 2.23. The highest BCUT2D eigenvalue weighted by atomic mass is 35.5. The van der Waals surface area contributed by atoms with Crippen LogP contribution in [0.25, 0.3) is 0 Å². The predicted molar refractivity (Wildman–Crippen MR) is 75.7 cm³/mol. The summed E-state index contributed by atoms with van der Waals surface area (Å²) in [6.07, 6.45) is 0. The lowest BCUT2D eigenvalue weighted by atomic mass is 10.1. The number of hydrogen-bond acceptors (Lipinski definition) is 2. The molecule has 2 aromatic carbocycles. The fraction of sp³-hybridized carbons (Fsp3) is 0.0667. The molecule has 0 spiro atoms. The molecule has 21 heavy (non-hydrogen) atoms. The zero-order valence-electron chi connectivity index (χ0n) is 10.7. The molecule has 1 unspecified atom stereocenters. The number of carboxylic acid groups (broad SMARTS) is 1. The molecule has 2 N–H and O–H groups in total. The maximum atomic E-state index is 13.6. The minimum atomic E-state index is -1.27. The first-order chi connectivity index (χ1) is 9.99. The molecular formula is C15H11ClFNO3. The first-order valence-electron chi connectivity index (χ1n) is 6.02. The molecule has 1 atom stereocenters. The van der Waals surface area contributed by atoms with Crippen LogP contribution in [0.3, 0.4) is 0 Å². The van der Waals surface area contributed by atoms with Crippen molar-refractivity contribution in [1.82, 2.24) is 5.32 Å². The van der Waals surface area contributed by atoms with Crippen LogP contribution in [-0.2, 0) is 4.79 Å². The van der Waals surface area contributed by atoms with Crippen LogP contribution in [0.2, 0.25) is 5.02 Å². The SMILES string of the molecule is O=C(NC(C(=O)O)c1ccccc1)c1cc(Cl)ccc1F. The van der Waals surface area contributed by atoms with Crippen LogP contribution in [0.15, 0.2) is 48.5 Å². The van der Waals surface area contributed by atoms with Crippen LogP contribution < -0.4 is 5.32 Å². The lowest BCUT2D eigenvalue weighted by Gasteiger charge is -2.15. The van der Waals surface area contributed by atoms with Crippen molar-refractivity contribution in [3.8, 4) is 0 Å². The molecule has 0 radical (unpaired) electrons. The molecule has 2 aromatic rings. The Balaban J connectivity index is 2.27. The van der Waals surface area contributed by atoms with Crippen LogP contribution >= 0.6 is 11.6 Å². The van der Waals surface area contributed by atoms with Crippen LogP contribution in [0.5, 0.6) is 0 Å². The summed E-state index contributed by atoms with van der Waals surface area (Å²) >= 11 is 5.71. The smallest absolute Gasteiger partial charge is 0.330 e. The standard InChI is InChI=1S/C15H11ClFNO3/c16-10-6-7-12(17)11(8-10)14(19)18-13(15(20)21)9-4-2-1-3-5-9/h1-8,13H,(H,18,19)(H,20,21). The Labute approximate surface area is 125 Å². The minimum absolute atomic E-state index is 0.188. The van der Waals surface area contributed by atoms with Gasteiger partial charge in [-0.25, -0.2) is 9.18 Å². The Morgan fingerprint density at radius 3 is 2.43 bits per heavy atom. The summed E-state index contributed by atoms with van der Waals surface area (Å²) in [7, 11) is 0. The summed E-state index contributed by atoms with van der Waals surface area (Å²) in [6.45, 7) is 0. The Hall–Kier alpha value is -2.40. The van der Waals surface area contributed by atoms with Gasteiger partial charge in [-0.2, -0.15) is 0 Å². The number of hydrogen-bond donors (Lipinski definition) is 2. The fourth-order valence-corrected chi connectivity index (χ4v) is 1.99. The first kappa shape index (κ1) is 15.0. The topological polar surface area (TPSA) is 66.4 Å². The maximum absolute atomic E-state index is 13.6. The number of aliphatic carboxylic acids is 1. The Kier molecular flexibility index (Phi) is 4.55. The van der Waals surface area contributed by atoms with Gasteiger partial charge in [0.2, 0.25) is 0 Å². The van der Waals surface area contributed by atoms with Gasteiger partial charge in [0.1, 0.15) is 5.82 Å². The summed E-state index contributed by atoms with van der Waals surface area (Å²) in [5, 5.41) is 11.7. The number of rotatable bonds is 4. The van der Waals surface area contributed by atoms with Crippen molar-refractivity contribution in [1.29, 1.82) is 0 Å². The van der Waals surface area contributed by atoms with E-state index in [0.29, 0.717) is 5.56 Å². The van der Waals surface area contributed by atoms with E-state index in [1.165, 1.54) is 6.07 Å². The third kappa shape index (κ3) is 3.58.